The van der Waals surface area contributed by atoms with E-state index in [9.17, 15) is 0 Å². The minimum atomic E-state index is 0.657. The van der Waals surface area contributed by atoms with Crippen molar-refractivity contribution in [3.8, 4) is 22.6 Å². The van der Waals surface area contributed by atoms with E-state index < -0.39 is 0 Å². The van der Waals surface area contributed by atoms with Crippen LogP contribution in [0.15, 0.2) is 65.8 Å². The largest absolute Gasteiger partial charge is 0.442 e. The number of aromatic amines is 1. The standard InChI is InChI=1S/C25H23N5O/c1-2-8-30(9-3-1)15-17-4-6-18(7-5-17)19-10-21-20-11-22(24-14-26-16-31-24)27-13-23(20)29-25(21)28-12-19/h4-7,10-14,16H,1-3,8-9,15H2,(H,28,29). The summed E-state index contributed by atoms with van der Waals surface area (Å²) < 4.78 is 5.41. The summed E-state index contributed by atoms with van der Waals surface area (Å²) in [7, 11) is 0. The molecule has 1 aliphatic heterocycles. The Hall–Kier alpha value is -3.51. The normalized spacial score (nSPS) is 15.1. The summed E-state index contributed by atoms with van der Waals surface area (Å²) in [5, 5.41) is 2.15. The molecule has 31 heavy (non-hydrogen) atoms. The summed E-state index contributed by atoms with van der Waals surface area (Å²) in [6, 6.07) is 13.1. The van der Waals surface area contributed by atoms with Crippen LogP contribution in [0.3, 0.4) is 0 Å². The van der Waals surface area contributed by atoms with E-state index in [1.54, 1.807) is 6.20 Å². The molecule has 1 aromatic carbocycles. The Morgan fingerprint density at radius 3 is 2.55 bits per heavy atom. The van der Waals surface area contributed by atoms with E-state index in [4.69, 9.17) is 4.42 Å². The zero-order chi connectivity index (χ0) is 20.6. The second-order valence-corrected chi connectivity index (χ2v) is 8.26. The van der Waals surface area contributed by atoms with Crippen molar-refractivity contribution in [3.63, 3.8) is 0 Å². The molecule has 1 N–H and O–H groups in total. The Morgan fingerprint density at radius 1 is 0.871 bits per heavy atom. The van der Waals surface area contributed by atoms with Gasteiger partial charge in [-0.25, -0.2) is 9.97 Å². The molecule has 1 saturated heterocycles. The topological polar surface area (TPSA) is 70.8 Å². The minimum Gasteiger partial charge on any atom is -0.442 e. The van der Waals surface area contributed by atoms with Crippen LogP contribution < -0.4 is 0 Å². The first-order valence-corrected chi connectivity index (χ1v) is 10.8. The van der Waals surface area contributed by atoms with Crippen LogP contribution in [0.4, 0.5) is 0 Å². The summed E-state index contributed by atoms with van der Waals surface area (Å²) in [5.41, 5.74) is 6.23. The molecule has 5 heterocycles. The number of likely N-dealkylation sites (tertiary alicyclic amines) is 1. The lowest BCUT2D eigenvalue weighted by Crippen LogP contribution is -2.28. The molecule has 6 nitrogen and oxygen atoms in total. The van der Waals surface area contributed by atoms with Crippen LogP contribution in [0.5, 0.6) is 0 Å². The molecule has 6 heteroatoms. The number of pyridine rings is 2. The van der Waals surface area contributed by atoms with E-state index in [1.807, 2.05) is 18.5 Å². The molecule has 0 bridgehead atoms. The predicted octanol–water partition coefficient (Wildman–Crippen LogP) is 5.42. The molecule has 5 aromatic rings. The maximum Gasteiger partial charge on any atom is 0.181 e. The second kappa shape index (κ2) is 7.63. The fourth-order valence-corrected chi connectivity index (χ4v) is 4.49. The average Bonchev–Trinajstić information content (AvgIpc) is 3.48. The van der Waals surface area contributed by atoms with E-state index in [0.29, 0.717) is 5.76 Å². The van der Waals surface area contributed by atoms with Gasteiger partial charge >= 0.3 is 0 Å². The number of nitrogens with zero attached hydrogens (tertiary/aromatic N) is 4. The Balaban J connectivity index is 1.33. The number of rotatable bonds is 4. The molecule has 0 atom stereocenters. The molecule has 0 aliphatic carbocycles. The van der Waals surface area contributed by atoms with Gasteiger partial charge in [0.2, 0.25) is 0 Å². The van der Waals surface area contributed by atoms with Crippen LogP contribution in [0.25, 0.3) is 44.5 Å². The molecule has 0 spiro atoms. The van der Waals surface area contributed by atoms with Gasteiger partial charge in [0.1, 0.15) is 11.3 Å². The van der Waals surface area contributed by atoms with Gasteiger partial charge in [0.25, 0.3) is 0 Å². The van der Waals surface area contributed by atoms with Crippen molar-refractivity contribution in [2.75, 3.05) is 13.1 Å². The van der Waals surface area contributed by atoms with E-state index >= 15 is 0 Å². The number of fused-ring (bicyclic) bond motifs is 3. The van der Waals surface area contributed by atoms with Gasteiger partial charge in [-0.3, -0.25) is 9.88 Å². The van der Waals surface area contributed by atoms with Crippen LogP contribution in [-0.2, 0) is 6.54 Å². The maximum atomic E-state index is 5.41. The molecule has 6 rings (SSSR count). The van der Waals surface area contributed by atoms with Gasteiger partial charge in [-0.1, -0.05) is 30.7 Å². The van der Waals surface area contributed by atoms with Crippen LogP contribution in [0.2, 0.25) is 0 Å². The average molecular weight is 409 g/mol. The van der Waals surface area contributed by atoms with Gasteiger partial charge in [0.15, 0.2) is 12.2 Å². The summed E-state index contributed by atoms with van der Waals surface area (Å²) >= 11 is 0. The highest BCUT2D eigenvalue weighted by atomic mass is 16.3. The van der Waals surface area contributed by atoms with Gasteiger partial charge in [0, 0.05) is 29.1 Å². The highest BCUT2D eigenvalue weighted by Crippen LogP contribution is 2.31. The van der Waals surface area contributed by atoms with Gasteiger partial charge in [-0.15, -0.1) is 0 Å². The Morgan fingerprint density at radius 2 is 1.74 bits per heavy atom. The molecule has 4 aromatic heterocycles. The molecule has 1 aliphatic rings. The van der Waals surface area contributed by atoms with Crippen molar-refractivity contribution < 1.29 is 4.42 Å². The fraction of sp³-hybridized carbons (Fsp3) is 0.240. The van der Waals surface area contributed by atoms with Gasteiger partial charge in [-0.2, -0.15) is 0 Å². The highest BCUT2D eigenvalue weighted by molar-refractivity contribution is 6.07. The fourth-order valence-electron chi connectivity index (χ4n) is 4.49. The number of nitrogens with one attached hydrogen (secondary N) is 1. The molecule has 0 radical (unpaired) electrons. The summed E-state index contributed by atoms with van der Waals surface area (Å²) in [6.07, 6.45) is 10.9. The smallest absolute Gasteiger partial charge is 0.181 e. The lowest BCUT2D eigenvalue weighted by atomic mass is 10.0. The van der Waals surface area contributed by atoms with Crippen molar-refractivity contribution >= 4 is 21.9 Å². The number of hydrogen-bond donors (Lipinski definition) is 1. The Kier molecular flexibility index (Phi) is 4.50. The molecule has 0 saturated carbocycles. The van der Waals surface area contributed by atoms with Crippen LogP contribution in [0, 0.1) is 0 Å². The zero-order valence-electron chi connectivity index (χ0n) is 17.2. The van der Waals surface area contributed by atoms with Crippen molar-refractivity contribution in [1.29, 1.82) is 0 Å². The van der Waals surface area contributed by atoms with Gasteiger partial charge in [0.05, 0.1) is 17.9 Å². The number of piperidine rings is 1. The number of hydrogen-bond acceptors (Lipinski definition) is 5. The first-order valence-electron chi connectivity index (χ1n) is 10.8. The summed E-state index contributed by atoms with van der Waals surface area (Å²) in [4.78, 5) is 19.1. The zero-order valence-corrected chi connectivity index (χ0v) is 17.2. The Labute approximate surface area is 180 Å². The first-order chi connectivity index (χ1) is 15.3. The van der Waals surface area contributed by atoms with E-state index in [2.05, 4.69) is 55.2 Å². The maximum absolute atomic E-state index is 5.41. The SMILES string of the molecule is c1ncc(-c2cc3c(cn2)[nH]c2ncc(-c4ccc(CN5CCCCC5)cc4)cc23)o1. The van der Waals surface area contributed by atoms with E-state index in [1.165, 1.54) is 49.9 Å². The quantitative estimate of drug-likeness (QED) is 0.429. The van der Waals surface area contributed by atoms with Crippen LogP contribution in [-0.4, -0.2) is 37.9 Å². The molecule has 1 fully saturated rings. The van der Waals surface area contributed by atoms with Crippen LogP contribution >= 0.6 is 0 Å². The van der Waals surface area contributed by atoms with Crippen LogP contribution in [0.1, 0.15) is 24.8 Å². The van der Waals surface area contributed by atoms with Crippen molar-refractivity contribution in [1.82, 2.24) is 24.8 Å². The third kappa shape index (κ3) is 3.49. The summed E-state index contributed by atoms with van der Waals surface area (Å²) in [6.45, 7) is 3.47. The monoisotopic (exact) mass is 409 g/mol. The third-order valence-corrected chi connectivity index (χ3v) is 6.16. The highest BCUT2D eigenvalue weighted by Gasteiger charge is 2.13. The lowest BCUT2D eigenvalue weighted by molar-refractivity contribution is 0.221. The van der Waals surface area contributed by atoms with Crippen molar-refractivity contribution in [2.24, 2.45) is 0 Å². The van der Waals surface area contributed by atoms with Crippen molar-refractivity contribution in [3.05, 3.63) is 66.9 Å². The second-order valence-electron chi connectivity index (χ2n) is 8.26. The summed E-state index contributed by atoms with van der Waals surface area (Å²) in [5.74, 6) is 0.657. The molecule has 154 valence electrons. The number of oxazole rings is 1. The van der Waals surface area contributed by atoms with E-state index in [-0.39, 0.29) is 0 Å². The predicted molar refractivity (Wildman–Crippen MR) is 121 cm³/mol. The molecular weight excluding hydrogens is 386 g/mol. The minimum absolute atomic E-state index is 0.657. The number of H-pyrrole nitrogens is 1. The molecular formula is C25H23N5O. The Bertz CT molecular complexity index is 1330. The number of benzene rings is 1. The number of aromatic nitrogens is 4. The molecule has 0 amide bonds. The molecule has 0 unspecified atom stereocenters. The first kappa shape index (κ1) is 18.3. The van der Waals surface area contributed by atoms with Gasteiger partial charge in [-0.05, 0) is 49.2 Å². The third-order valence-electron chi connectivity index (χ3n) is 6.16. The van der Waals surface area contributed by atoms with E-state index in [0.717, 1.165) is 39.7 Å². The van der Waals surface area contributed by atoms with Crippen molar-refractivity contribution in [2.45, 2.75) is 25.8 Å². The lowest BCUT2D eigenvalue weighted by Gasteiger charge is -2.26. The van der Waals surface area contributed by atoms with Gasteiger partial charge < -0.3 is 9.40 Å².